The van der Waals surface area contributed by atoms with Gasteiger partial charge in [-0.05, 0) is 35.9 Å². The highest BCUT2D eigenvalue weighted by Crippen LogP contribution is 2.28. The molecule has 0 aliphatic heterocycles. The molecule has 0 saturated heterocycles. The Balaban J connectivity index is 1.99. The number of Topliss-reactive ketones (excluding diaryl/α,β-unsaturated/α-hetero) is 1. The molecule has 2 aromatic carbocycles. The molecule has 6 nitrogen and oxygen atoms in total. The number of carbonyl (C=O) groups is 2. The zero-order valence-electron chi connectivity index (χ0n) is 14.6. The van der Waals surface area contributed by atoms with E-state index >= 15 is 0 Å². The molecule has 2 N–H and O–H groups in total. The zero-order valence-corrected chi connectivity index (χ0v) is 15.3. The number of terminal acetylenes is 1. The van der Waals surface area contributed by atoms with Gasteiger partial charge in [0.1, 0.15) is 6.61 Å². The second kappa shape index (κ2) is 9.62. The fraction of sp³-hybridized carbons (Fsp3) is 0.200. The summed E-state index contributed by atoms with van der Waals surface area (Å²) in [7, 11) is 1.44. The zero-order chi connectivity index (χ0) is 19.8. The van der Waals surface area contributed by atoms with Crippen LogP contribution in [-0.2, 0) is 4.79 Å². The minimum atomic E-state index is -1.40. The van der Waals surface area contributed by atoms with Crippen LogP contribution in [-0.4, -0.2) is 37.1 Å². The van der Waals surface area contributed by atoms with Crippen molar-refractivity contribution in [1.82, 2.24) is 5.32 Å². The molecule has 0 bridgehead atoms. The second-order valence-electron chi connectivity index (χ2n) is 5.45. The van der Waals surface area contributed by atoms with Gasteiger partial charge in [-0.15, -0.1) is 6.42 Å². The summed E-state index contributed by atoms with van der Waals surface area (Å²) >= 11 is 5.77. The van der Waals surface area contributed by atoms with Crippen LogP contribution in [0.1, 0.15) is 22.0 Å². The average molecular weight is 388 g/mol. The number of nitrogens with one attached hydrogen (secondary N) is 1. The Morgan fingerprint density at radius 3 is 2.56 bits per heavy atom. The van der Waals surface area contributed by atoms with Crippen LogP contribution < -0.4 is 14.8 Å². The van der Waals surface area contributed by atoms with E-state index in [0.29, 0.717) is 27.6 Å². The highest BCUT2D eigenvalue weighted by molar-refractivity contribution is 6.30. The van der Waals surface area contributed by atoms with E-state index in [4.69, 9.17) is 27.5 Å². The summed E-state index contributed by atoms with van der Waals surface area (Å²) in [5, 5.41) is 12.9. The van der Waals surface area contributed by atoms with Gasteiger partial charge in [-0.3, -0.25) is 9.59 Å². The van der Waals surface area contributed by atoms with Crippen molar-refractivity contribution in [2.75, 3.05) is 20.3 Å². The molecule has 140 valence electrons. The van der Waals surface area contributed by atoms with E-state index in [-0.39, 0.29) is 18.9 Å². The molecule has 0 aliphatic carbocycles. The SMILES string of the molecule is C#CCOc1ccc(C(=O)CNC(=O)C(O)c2ccc(Cl)cc2)cc1OC. The highest BCUT2D eigenvalue weighted by atomic mass is 35.5. The van der Waals surface area contributed by atoms with Crippen LogP contribution in [0.5, 0.6) is 11.5 Å². The molecule has 0 aromatic heterocycles. The van der Waals surface area contributed by atoms with Gasteiger partial charge in [-0.25, -0.2) is 0 Å². The van der Waals surface area contributed by atoms with Crippen LogP contribution in [0, 0.1) is 12.3 Å². The molecule has 0 saturated carbocycles. The van der Waals surface area contributed by atoms with E-state index in [1.165, 1.54) is 25.3 Å². The normalized spacial score (nSPS) is 11.2. The molecular formula is C20H18ClNO5. The number of ketones is 1. The number of amides is 1. The van der Waals surface area contributed by atoms with E-state index in [1.54, 1.807) is 24.3 Å². The van der Waals surface area contributed by atoms with E-state index in [9.17, 15) is 14.7 Å². The van der Waals surface area contributed by atoms with Crippen molar-refractivity contribution >= 4 is 23.3 Å². The summed E-state index contributed by atoms with van der Waals surface area (Å²) in [4.78, 5) is 24.4. The number of carbonyl (C=O) groups excluding carboxylic acids is 2. The smallest absolute Gasteiger partial charge is 0.253 e. The fourth-order valence-electron chi connectivity index (χ4n) is 2.24. The van der Waals surface area contributed by atoms with Crippen LogP contribution in [0.2, 0.25) is 5.02 Å². The number of hydrogen-bond donors (Lipinski definition) is 2. The van der Waals surface area contributed by atoms with E-state index in [1.807, 2.05) is 0 Å². The third kappa shape index (κ3) is 5.48. The lowest BCUT2D eigenvalue weighted by Crippen LogP contribution is -2.33. The molecule has 27 heavy (non-hydrogen) atoms. The lowest BCUT2D eigenvalue weighted by molar-refractivity contribution is -0.129. The molecule has 1 atom stereocenters. The molecule has 2 rings (SSSR count). The number of aliphatic hydroxyl groups excluding tert-OH is 1. The molecule has 0 heterocycles. The van der Waals surface area contributed by atoms with Crippen molar-refractivity contribution < 1.29 is 24.2 Å². The monoisotopic (exact) mass is 387 g/mol. The standard InChI is InChI=1S/C20H18ClNO5/c1-3-10-27-17-9-6-14(11-18(17)26-2)16(23)12-22-20(25)19(24)13-4-7-15(21)8-5-13/h1,4-9,11,19,24H,10,12H2,2H3,(H,22,25). The first-order chi connectivity index (χ1) is 13.0. The predicted octanol–water partition coefficient (Wildman–Crippen LogP) is 2.39. The van der Waals surface area contributed by atoms with Crippen molar-refractivity contribution in [3.05, 3.63) is 58.6 Å². The summed E-state index contributed by atoms with van der Waals surface area (Å²) in [6, 6.07) is 10.8. The number of halogens is 1. The minimum Gasteiger partial charge on any atom is -0.493 e. The second-order valence-corrected chi connectivity index (χ2v) is 5.89. The van der Waals surface area contributed by atoms with Crippen LogP contribution in [0.4, 0.5) is 0 Å². The summed E-state index contributed by atoms with van der Waals surface area (Å²) in [5.74, 6) is 2.06. The average Bonchev–Trinajstić information content (AvgIpc) is 2.70. The molecule has 7 heteroatoms. The molecule has 0 aliphatic rings. The van der Waals surface area contributed by atoms with Crippen LogP contribution in [0.25, 0.3) is 0 Å². The van der Waals surface area contributed by atoms with Crippen LogP contribution in [0.15, 0.2) is 42.5 Å². The number of hydrogen-bond acceptors (Lipinski definition) is 5. The Hall–Kier alpha value is -3.01. The molecule has 1 amide bonds. The number of aliphatic hydroxyl groups is 1. The lowest BCUT2D eigenvalue weighted by atomic mass is 10.1. The first kappa shape index (κ1) is 20.3. The number of benzene rings is 2. The van der Waals surface area contributed by atoms with Crippen LogP contribution >= 0.6 is 11.6 Å². The van der Waals surface area contributed by atoms with Crippen molar-refractivity contribution in [3.63, 3.8) is 0 Å². The number of rotatable bonds is 8. The third-order valence-electron chi connectivity index (χ3n) is 3.65. The highest BCUT2D eigenvalue weighted by Gasteiger charge is 2.19. The van der Waals surface area contributed by atoms with E-state index < -0.39 is 12.0 Å². The maximum Gasteiger partial charge on any atom is 0.253 e. The first-order valence-electron chi connectivity index (χ1n) is 7.95. The van der Waals surface area contributed by atoms with Crippen LogP contribution in [0.3, 0.4) is 0 Å². The Labute approximate surface area is 162 Å². The Bertz CT molecular complexity index is 858. The van der Waals surface area contributed by atoms with Crippen molar-refractivity contribution in [1.29, 1.82) is 0 Å². The van der Waals surface area contributed by atoms with Crippen molar-refractivity contribution in [3.8, 4) is 23.8 Å². The van der Waals surface area contributed by atoms with Crippen molar-refractivity contribution in [2.45, 2.75) is 6.10 Å². The quantitative estimate of drug-likeness (QED) is 0.536. The molecule has 0 fully saturated rings. The third-order valence-corrected chi connectivity index (χ3v) is 3.91. The largest absolute Gasteiger partial charge is 0.493 e. The Kier molecular flexibility index (Phi) is 7.24. The van der Waals surface area contributed by atoms with E-state index in [0.717, 1.165) is 0 Å². The molecular weight excluding hydrogens is 370 g/mol. The van der Waals surface area contributed by atoms with Gasteiger partial charge in [0, 0.05) is 10.6 Å². The first-order valence-corrected chi connectivity index (χ1v) is 8.32. The van der Waals surface area contributed by atoms with Gasteiger partial charge in [0.05, 0.1) is 13.7 Å². The summed E-state index contributed by atoms with van der Waals surface area (Å²) < 4.78 is 10.5. The maximum atomic E-state index is 12.3. The molecule has 0 spiro atoms. The summed E-state index contributed by atoms with van der Waals surface area (Å²) in [5.41, 5.74) is 0.697. The van der Waals surface area contributed by atoms with Gasteiger partial charge in [-0.1, -0.05) is 29.7 Å². The van der Waals surface area contributed by atoms with Gasteiger partial charge in [0.25, 0.3) is 5.91 Å². The molecule has 2 aromatic rings. The topological polar surface area (TPSA) is 84.9 Å². The Morgan fingerprint density at radius 2 is 1.93 bits per heavy atom. The van der Waals surface area contributed by atoms with Crippen molar-refractivity contribution in [2.24, 2.45) is 0 Å². The molecule has 1 unspecified atom stereocenters. The van der Waals surface area contributed by atoms with Gasteiger partial charge >= 0.3 is 0 Å². The number of methoxy groups -OCH3 is 1. The van der Waals surface area contributed by atoms with Gasteiger partial charge in [0.2, 0.25) is 0 Å². The van der Waals surface area contributed by atoms with Gasteiger partial charge < -0.3 is 19.9 Å². The summed E-state index contributed by atoms with van der Waals surface area (Å²) in [6.45, 7) is -0.209. The van der Waals surface area contributed by atoms with Gasteiger partial charge in [-0.2, -0.15) is 0 Å². The number of ether oxygens (including phenoxy) is 2. The fourth-order valence-corrected chi connectivity index (χ4v) is 2.37. The molecule has 0 radical (unpaired) electrons. The maximum absolute atomic E-state index is 12.3. The predicted molar refractivity (Wildman–Crippen MR) is 101 cm³/mol. The van der Waals surface area contributed by atoms with E-state index in [2.05, 4.69) is 11.2 Å². The summed E-state index contributed by atoms with van der Waals surface area (Å²) in [6.07, 6.45) is 3.75. The van der Waals surface area contributed by atoms with Gasteiger partial charge in [0.15, 0.2) is 23.4 Å². The Morgan fingerprint density at radius 1 is 1.22 bits per heavy atom. The lowest BCUT2D eigenvalue weighted by Gasteiger charge is -2.12. The minimum absolute atomic E-state index is 0.0717.